The number of benzene rings is 3. The highest BCUT2D eigenvalue weighted by Gasteiger charge is 2.27. The van der Waals surface area contributed by atoms with Crippen LogP contribution in [-0.2, 0) is 9.09 Å². The van der Waals surface area contributed by atoms with Crippen molar-refractivity contribution in [1.29, 1.82) is 0 Å². The van der Waals surface area contributed by atoms with Crippen molar-refractivity contribution in [2.24, 2.45) is 0 Å². The zero-order valence-electron chi connectivity index (χ0n) is 16.0. The molecule has 0 N–H and O–H groups in total. The average molecular weight is 390 g/mol. The molecule has 1 atom stereocenters. The molecule has 0 aliphatic carbocycles. The highest BCUT2D eigenvalue weighted by atomic mass is 31.1. The van der Waals surface area contributed by atoms with Gasteiger partial charge < -0.3 is 4.90 Å². The van der Waals surface area contributed by atoms with Gasteiger partial charge in [-0.25, -0.2) is 9.05 Å². The molecule has 3 aromatic rings. The predicted molar refractivity (Wildman–Crippen MR) is 113 cm³/mol. The quantitative estimate of drug-likeness (QED) is 0.375. The van der Waals surface area contributed by atoms with Crippen molar-refractivity contribution >= 4 is 25.2 Å². The molecule has 1 aliphatic heterocycles. The number of para-hydroxylation sites is 2. The number of nitrogens with zero attached hydrogens (tertiary/aromatic N) is 1. The van der Waals surface area contributed by atoms with E-state index in [1.807, 2.05) is 75.5 Å². The minimum atomic E-state index is -2.34. The average Bonchev–Trinajstić information content (AvgIpc) is 2.67. The third-order valence-electron chi connectivity index (χ3n) is 4.74. The van der Waals surface area contributed by atoms with Crippen LogP contribution in [0.15, 0.2) is 73.0 Å². The van der Waals surface area contributed by atoms with Crippen molar-refractivity contribution in [1.82, 2.24) is 0 Å². The maximum atomic E-state index is 12.4. The van der Waals surface area contributed by atoms with Crippen LogP contribution in [0.5, 0.6) is 5.75 Å². The maximum Gasteiger partial charge on any atom is 0.804 e. The molecule has 3 aromatic carbocycles. The van der Waals surface area contributed by atoms with Gasteiger partial charge in [-0.2, -0.15) is 0 Å². The first-order valence-corrected chi connectivity index (χ1v) is 10.2. The lowest BCUT2D eigenvalue weighted by Gasteiger charge is -2.31. The molecule has 0 bridgehead atoms. The van der Waals surface area contributed by atoms with Crippen molar-refractivity contribution < 1.29 is 13.6 Å². The van der Waals surface area contributed by atoms with Crippen LogP contribution < -0.4 is 9.42 Å². The van der Waals surface area contributed by atoms with E-state index in [0.717, 1.165) is 39.2 Å². The molecule has 1 aliphatic rings. The molecule has 0 saturated heterocycles. The minimum Gasteiger partial charge on any atom is -0.344 e. The Morgan fingerprint density at radius 3 is 1.96 bits per heavy atom. The van der Waals surface area contributed by atoms with E-state index in [0.29, 0.717) is 5.75 Å². The van der Waals surface area contributed by atoms with Crippen molar-refractivity contribution in [2.45, 2.75) is 13.8 Å². The molecule has 140 valence electrons. The van der Waals surface area contributed by atoms with Gasteiger partial charge in [0.25, 0.3) is 0 Å². The van der Waals surface area contributed by atoms with E-state index >= 15 is 0 Å². The van der Waals surface area contributed by atoms with Gasteiger partial charge in [-0.1, -0.05) is 42.5 Å². The first-order valence-electron chi connectivity index (χ1n) is 9.06. The Morgan fingerprint density at radius 1 is 0.857 bits per heavy atom. The molecule has 4 rings (SSSR count). The van der Waals surface area contributed by atoms with E-state index in [1.165, 1.54) is 0 Å². The van der Waals surface area contributed by atoms with Crippen molar-refractivity contribution in [2.75, 3.05) is 11.9 Å². The Balaban J connectivity index is 1.64. The summed E-state index contributed by atoms with van der Waals surface area (Å²) in [4.78, 5) is 2.15. The molecule has 0 amide bonds. The molecule has 0 radical (unpaired) electrons. The summed E-state index contributed by atoms with van der Waals surface area (Å²) in [7, 11) is -0.295. The Hall–Kier alpha value is -3.10. The van der Waals surface area contributed by atoms with Gasteiger partial charge in [-0.3, -0.25) is 0 Å². The third kappa shape index (κ3) is 3.51. The Kier molecular flexibility index (Phi) is 4.89. The lowest BCUT2D eigenvalue weighted by Crippen LogP contribution is -2.17. The van der Waals surface area contributed by atoms with Gasteiger partial charge in [0.15, 0.2) is 12.0 Å². The molecule has 0 saturated carbocycles. The molecular weight excluding hydrogens is 369 g/mol. The van der Waals surface area contributed by atoms with Gasteiger partial charge in [-0.15, -0.1) is 0 Å². The fourth-order valence-corrected chi connectivity index (χ4v) is 4.09. The highest BCUT2D eigenvalue weighted by Crippen LogP contribution is 2.44. The van der Waals surface area contributed by atoms with Gasteiger partial charge >= 0.3 is 8.25 Å². The zero-order chi connectivity index (χ0) is 19.7. The van der Waals surface area contributed by atoms with E-state index in [9.17, 15) is 4.57 Å². The number of aryl methyl sites for hydroxylation is 2. The second-order valence-corrected chi connectivity index (χ2v) is 7.71. The van der Waals surface area contributed by atoms with E-state index < -0.39 is 8.25 Å². The monoisotopic (exact) mass is 390 g/mol. The molecule has 0 spiro atoms. The Morgan fingerprint density at radius 2 is 1.39 bits per heavy atom. The van der Waals surface area contributed by atoms with Crippen LogP contribution in [0.4, 0.5) is 11.4 Å². The summed E-state index contributed by atoms with van der Waals surface area (Å²) in [5.74, 6) is 0.543. The lowest BCUT2D eigenvalue weighted by atomic mass is 9.91. The molecule has 0 fully saturated rings. The van der Waals surface area contributed by atoms with Crippen LogP contribution in [-0.4, -0.2) is 7.05 Å². The molecule has 28 heavy (non-hydrogen) atoms. The topological polar surface area (TPSA) is 38.8 Å². The Bertz CT molecular complexity index is 1020. The summed E-state index contributed by atoms with van der Waals surface area (Å²) in [6.07, 6.45) is 1.55. The normalized spacial score (nSPS) is 12.8. The van der Waals surface area contributed by atoms with Crippen LogP contribution >= 0.6 is 8.25 Å². The fraction of sp³-hybridized carbons (Fsp3) is 0.130. The van der Waals surface area contributed by atoms with Crippen LogP contribution in [0.25, 0.3) is 5.57 Å². The number of hydrogen-bond acceptors (Lipinski definition) is 4. The van der Waals surface area contributed by atoms with E-state index in [1.54, 1.807) is 6.26 Å². The van der Waals surface area contributed by atoms with Crippen molar-refractivity contribution in [3.8, 4) is 5.75 Å². The summed E-state index contributed by atoms with van der Waals surface area (Å²) < 4.78 is 23.4. The van der Waals surface area contributed by atoms with Gasteiger partial charge in [0.1, 0.15) is 0 Å². The molecule has 1 heterocycles. The summed E-state index contributed by atoms with van der Waals surface area (Å²) in [5.41, 5.74) is 7.18. The summed E-state index contributed by atoms with van der Waals surface area (Å²) in [5, 5.41) is 0. The van der Waals surface area contributed by atoms with E-state index in [2.05, 4.69) is 17.0 Å². The molecule has 0 aromatic heterocycles. The van der Waals surface area contributed by atoms with E-state index in [-0.39, 0.29) is 0 Å². The SMILES string of the molecule is Cc1cc(C)cc(O[P+](=O)OC=C2c3ccccc3N(C)c3ccccc32)c1. The fourth-order valence-electron chi connectivity index (χ4n) is 3.58. The van der Waals surface area contributed by atoms with E-state index in [4.69, 9.17) is 9.05 Å². The number of hydrogen-bond donors (Lipinski definition) is 0. The Labute approximate surface area is 166 Å². The number of rotatable bonds is 4. The predicted octanol–water partition coefficient (Wildman–Crippen LogP) is 6.53. The molecule has 1 unspecified atom stereocenters. The maximum absolute atomic E-state index is 12.4. The number of anilines is 2. The third-order valence-corrected chi connectivity index (χ3v) is 5.38. The second kappa shape index (κ2) is 7.49. The molecule has 4 nitrogen and oxygen atoms in total. The van der Waals surface area contributed by atoms with Gasteiger partial charge in [0, 0.05) is 39.7 Å². The first kappa shape index (κ1) is 18.3. The van der Waals surface area contributed by atoms with Crippen LogP contribution in [0, 0.1) is 13.8 Å². The zero-order valence-corrected chi connectivity index (χ0v) is 16.9. The van der Waals surface area contributed by atoms with Crippen molar-refractivity contribution in [3.63, 3.8) is 0 Å². The largest absolute Gasteiger partial charge is 0.804 e. The first-order chi connectivity index (χ1) is 13.5. The highest BCUT2D eigenvalue weighted by molar-refractivity contribution is 7.33. The molecular formula is C23H21NO3P+. The summed E-state index contributed by atoms with van der Waals surface area (Å²) in [6.45, 7) is 3.95. The van der Waals surface area contributed by atoms with Crippen LogP contribution in [0.1, 0.15) is 22.3 Å². The molecule has 5 heteroatoms. The van der Waals surface area contributed by atoms with Gasteiger partial charge in [0.2, 0.25) is 0 Å². The number of fused-ring (bicyclic) bond motifs is 2. The smallest absolute Gasteiger partial charge is 0.344 e. The van der Waals surface area contributed by atoms with Crippen LogP contribution in [0.2, 0.25) is 0 Å². The van der Waals surface area contributed by atoms with Gasteiger partial charge in [-0.05, 0) is 49.2 Å². The summed E-state index contributed by atoms with van der Waals surface area (Å²) in [6, 6.07) is 21.9. The van der Waals surface area contributed by atoms with Crippen LogP contribution in [0.3, 0.4) is 0 Å². The van der Waals surface area contributed by atoms with Crippen molar-refractivity contribution in [3.05, 3.63) is 95.2 Å². The lowest BCUT2D eigenvalue weighted by molar-refractivity contribution is 0.384. The second-order valence-electron chi connectivity index (χ2n) is 6.87. The minimum absolute atomic E-state index is 0.543. The van der Waals surface area contributed by atoms with Gasteiger partial charge in [0.05, 0.1) is 0 Å². The summed E-state index contributed by atoms with van der Waals surface area (Å²) >= 11 is 0. The standard InChI is InChI=1S/C23H21NO3P/c1-16-12-17(2)14-18(13-16)27-28(25)26-15-21-19-8-4-6-10-22(19)24(3)23-11-7-5-9-20(21)23/h4-15H,1-3H3/q+1.